The first-order chi connectivity index (χ1) is 6.25. The van der Waals surface area contributed by atoms with Crippen LogP contribution in [0.1, 0.15) is 11.1 Å². The van der Waals surface area contributed by atoms with Crippen molar-refractivity contribution in [3.8, 4) is 5.75 Å². The van der Waals surface area contributed by atoms with Crippen molar-refractivity contribution >= 4 is 0 Å². The Labute approximate surface area is 78.6 Å². The molecule has 1 heterocycles. The first-order valence-electron chi connectivity index (χ1n) is 4.75. The second-order valence-electron chi connectivity index (χ2n) is 3.85. The summed E-state index contributed by atoms with van der Waals surface area (Å²) in [7, 11) is 0. The SMILES string of the molecule is Cc1ccc(CC2CNC2)cc1O. The third-order valence-electron chi connectivity index (χ3n) is 2.66. The van der Waals surface area contributed by atoms with Gasteiger partial charge in [0.15, 0.2) is 0 Å². The molecule has 0 atom stereocenters. The van der Waals surface area contributed by atoms with Crippen molar-refractivity contribution in [2.24, 2.45) is 5.92 Å². The third kappa shape index (κ3) is 1.83. The van der Waals surface area contributed by atoms with Crippen LogP contribution in [0.15, 0.2) is 18.2 Å². The number of aromatic hydroxyl groups is 1. The van der Waals surface area contributed by atoms with Crippen molar-refractivity contribution in [3.05, 3.63) is 29.3 Å². The normalized spacial score (nSPS) is 17.0. The summed E-state index contributed by atoms with van der Waals surface area (Å²) in [5.74, 6) is 1.19. The lowest BCUT2D eigenvalue weighted by atomic mass is 9.94. The average molecular weight is 177 g/mol. The van der Waals surface area contributed by atoms with E-state index in [0.717, 1.165) is 31.0 Å². The van der Waals surface area contributed by atoms with E-state index in [0.29, 0.717) is 5.75 Å². The summed E-state index contributed by atoms with van der Waals surface area (Å²) in [4.78, 5) is 0. The lowest BCUT2D eigenvalue weighted by Gasteiger charge is -2.27. The summed E-state index contributed by atoms with van der Waals surface area (Å²) in [5, 5.41) is 12.7. The molecule has 1 aliphatic rings. The molecule has 1 aromatic carbocycles. The maximum absolute atomic E-state index is 9.49. The molecule has 2 heteroatoms. The number of nitrogens with one attached hydrogen (secondary N) is 1. The summed E-state index contributed by atoms with van der Waals surface area (Å²) < 4.78 is 0. The topological polar surface area (TPSA) is 32.3 Å². The van der Waals surface area contributed by atoms with Gasteiger partial charge in [0.2, 0.25) is 0 Å². The van der Waals surface area contributed by atoms with Gasteiger partial charge in [0, 0.05) is 0 Å². The van der Waals surface area contributed by atoms with Crippen molar-refractivity contribution in [2.75, 3.05) is 13.1 Å². The molecular formula is C11H15NO. The molecule has 0 radical (unpaired) electrons. The Balaban J connectivity index is 2.07. The van der Waals surface area contributed by atoms with Crippen LogP contribution in [-0.2, 0) is 6.42 Å². The predicted molar refractivity (Wildman–Crippen MR) is 52.9 cm³/mol. The van der Waals surface area contributed by atoms with Crippen LogP contribution in [0.3, 0.4) is 0 Å². The van der Waals surface area contributed by atoms with Gasteiger partial charge in [-0.25, -0.2) is 0 Å². The summed E-state index contributed by atoms with van der Waals surface area (Å²) in [5.41, 5.74) is 2.20. The molecule has 2 N–H and O–H groups in total. The van der Waals surface area contributed by atoms with Crippen molar-refractivity contribution in [1.82, 2.24) is 5.32 Å². The number of phenolic OH excluding ortho intramolecular Hbond substituents is 1. The van der Waals surface area contributed by atoms with Crippen LogP contribution < -0.4 is 5.32 Å². The Morgan fingerprint density at radius 3 is 2.77 bits per heavy atom. The van der Waals surface area contributed by atoms with E-state index >= 15 is 0 Å². The Kier molecular flexibility index (Phi) is 2.23. The molecule has 2 rings (SSSR count). The molecule has 1 aliphatic heterocycles. The summed E-state index contributed by atoms with van der Waals surface area (Å²) >= 11 is 0. The zero-order valence-electron chi connectivity index (χ0n) is 7.88. The minimum Gasteiger partial charge on any atom is -0.508 e. The number of rotatable bonds is 2. The largest absolute Gasteiger partial charge is 0.508 e. The minimum absolute atomic E-state index is 0.421. The zero-order valence-corrected chi connectivity index (χ0v) is 7.88. The maximum Gasteiger partial charge on any atom is 0.118 e. The molecule has 0 bridgehead atoms. The number of phenols is 1. The van der Waals surface area contributed by atoms with Gasteiger partial charge < -0.3 is 10.4 Å². The molecule has 1 aromatic rings. The van der Waals surface area contributed by atoms with E-state index in [1.165, 1.54) is 5.56 Å². The maximum atomic E-state index is 9.49. The quantitative estimate of drug-likeness (QED) is 0.717. The molecule has 0 saturated carbocycles. The van der Waals surface area contributed by atoms with Crippen LogP contribution in [-0.4, -0.2) is 18.2 Å². The van der Waals surface area contributed by atoms with E-state index in [9.17, 15) is 5.11 Å². The fourth-order valence-corrected chi connectivity index (χ4v) is 1.61. The second kappa shape index (κ2) is 3.38. The monoisotopic (exact) mass is 177 g/mol. The lowest BCUT2D eigenvalue weighted by Crippen LogP contribution is -2.43. The zero-order chi connectivity index (χ0) is 9.26. The van der Waals surface area contributed by atoms with Crippen LogP contribution >= 0.6 is 0 Å². The first kappa shape index (κ1) is 8.57. The first-order valence-corrected chi connectivity index (χ1v) is 4.75. The molecule has 0 unspecified atom stereocenters. The Morgan fingerprint density at radius 1 is 1.46 bits per heavy atom. The summed E-state index contributed by atoms with van der Waals surface area (Å²) in [6.07, 6.45) is 1.08. The van der Waals surface area contributed by atoms with Crippen molar-refractivity contribution in [3.63, 3.8) is 0 Å². The summed E-state index contributed by atoms with van der Waals surface area (Å²) in [6.45, 7) is 4.16. The summed E-state index contributed by atoms with van der Waals surface area (Å²) in [6, 6.07) is 5.97. The molecule has 0 amide bonds. The average Bonchev–Trinajstić information content (AvgIpc) is 2.04. The number of hydrogen-bond donors (Lipinski definition) is 2. The Bertz CT molecular complexity index is 305. The van der Waals surface area contributed by atoms with E-state index in [4.69, 9.17) is 0 Å². The highest BCUT2D eigenvalue weighted by molar-refractivity contribution is 5.35. The standard InChI is InChI=1S/C11H15NO/c1-8-2-3-9(5-11(8)13)4-10-6-12-7-10/h2-3,5,10,12-13H,4,6-7H2,1H3. The highest BCUT2D eigenvalue weighted by atomic mass is 16.3. The Morgan fingerprint density at radius 2 is 2.23 bits per heavy atom. The van der Waals surface area contributed by atoms with Gasteiger partial charge in [-0.15, -0.1) is 0 Å². The van der Waals surface area contributed by atoms with Gasteiger partial charge >= 0.3 is 0 Å². The van der Waals surface area contributed by atoms with Gasteiger partial charge in [0.25, 0.3) is 0 Å². The van der Waals surface area contributed by atoms with Crippen LogP contribution in [0.2, 0.25) is 0 Å². The van der Waals surface area contributed by atoms with E-state index in [1.54, 1.807) is 0 Å². The lowest BCUT2D eigenvalue weighted by molar-refractivity contribution is 0.346. The third-order valence-corrected chi connectivity index (χ3v) is 2.66. The molecule has 1 fully saturated rings. The van der Waals surface area contributed by atoms with E-state index in [1.807, 2.05) is 19.1 Å². The molecule has 0 aliphatic carbocycles. The van der Waals surface area contributed by atoms with Gasteiger partial charge in [-0.1, -0.05) is 12.1 Å². The molecular weight excluding hydrogens is 162 g/mol. The van der Waals surface area contributed by atoms with E-state index in [2.05, 4.69) is 11.4 Å². The smallest absolute Gasteiger partial charge is 0.118 e. The van der Waals surface area contributed by atoms with E-state index in [-0.39, 0.29) is 0 Å². The predicted octanol–water partition coefficient (Wildman–Crippen LogP) is 1.46. The molecule has 0 aromatic heterocycles. The van der Waals surface area contributed by atoms with E-state index < -0.39 is 0 Å². The molecule has 70 valence electrons. The fraction of sp³-hybridized carbons (Fsp3) is 0.455. The number of benzene rings is 1. The van der Waals surface area contributed by atoms with Crippen LogP contribution in [0.25, 0.3) is 0 Å². The van der Waals surface area contributed by atoms with Gasteiger partial charge in [-0.3, -0.25) is 0 Å². The van der Waals surface area contributed by atoms with Gasteiger partial charge in [-0.05, 0) is 49.5 Å². The van der Waals surface area contributed by atoms with Crippen LogP contribution in [0.5, 0.6) is 5.75 Å². The molecule has 2 nitrogen and oxygen atoms in total. The van der Waals surface area contributed by atoms with Gasteiger partial charge in [-0.2, -0.15) is 0 Å². The minimum atomic E-state index is 0.421. The highest BCUT2D eigenvalue weighted by Crippen LogP contribution is 2.20. The van der Waals surface area contributed by atoms with Crippen molar-refractivity contribution < 1.29 is 5.11 Å². The van der Waals surface area contributed by atoms with Gasteiger partial charge in [0.1, 0.15) is 5.75 Å². The van der Waals surface area contributed by atoms with Crippen molar-refractivity contribution in [2.45, 2.75) is 13.3 Å². The fourth-order valence-electron chi connectivity index (χ4n) is 1.61. The van der Waals surface area contributed by atoms with Crippen LogP contribution in [0.4, 0.5) is 0 Å². The second-order valence-corrected chi connectivity index (χ2v) is 3.85. The number of hydrogen-bond acceptors (Lipinski definition) is 2. The molecule has 1 saturated heterocycles. The number of aryl methyl sites for hydroxylation is 1. The highest BCUT2D eigenvalue weighted by Gasteiger charge is 2.16. The molecule has 0 spiro atoms. The van der Waals surface area contributed by atoms with Gasteiger partial charge in [0.05, 0.1) is 0 Å². The molecule has 13 heavy (non-hydrogen) atoms. The van der Waals surface area contributed by atoms with Crippen LogP contribution in [0, 0.1) is 12.8 Å². The Hall–Kier alpha value is -1.02. The van der Waals surface area contributed by atoms with Crippen molar-refractivity contribution in [1.29, 1.82) is 0 Å².